The highest BCUT2D eigenvalue weighted by molar-refractivity contribution is 6.31. The summed E-state index contributed by atoms with van der Waals surface area (Å²) in [6.07, 6.45) is 1.30. The molecule has 0 saturated carbocycles. The summed E-state index contributed by atoms with van der Waals surface area (Å²) in [7, 11) is 0. The van der Waals surface area contributed by atoms with Crippen LogP contribution in [0.5, 0.6) is 0 Å². The first-order chi connectivity index (χ1) is 9.15. The van der Waals surface area contributed by atoms with E-state index < -0.39 is 0 Å². The first kappa shape index (κ1) is 14.1. The normalized spacial score (nSPS) is 18.5. The Morgan fingerprint density at radius 2 is 2.42 bits per heavy atom. The second-order valence-corrected chi connectivity index (χ2v) is 4.82. The number of rotatable bonds is 5. The Balaban J connectivity index is 1.74. The number of halogens is 1. The maximum absolute atomic E-state index is 11.7. The molecule has 1 saturated heterocycles. The Kier molecular flexibility index (Phi) is 5.01. The smallest absolute Gasteiger partial charge is 0.226 e. The molecule has 1 aromatic rings. The van der Waals surface area contributed by atoms with Gasteiger partial charge in [-0.2, -0.15) is 0 Å². The number of nitrogens with two attached hydrogens (primary N) is 1. The molecule has 0 aliphatic carbocycles. The minimum Gasteiger partial charge on any atom is -0.397 e. The van der Waals surface area contributed by atoms with E-state index in [9.17, 15) is 4.79 Å². The average Bonchev–Trinajstić information content (AvgIpc) is 2.86. The minimum atomic E-state index is -0.132. The van der Waals surface area contributed by atoms with Gasteiger partial charge in [0.25, 0.3) is 0 Å². The molecule has 5 nitrogen and oxygen atoms in total. The topological polar surface area (TPSA) is 73.6 Å². The summed E-state index contributed by atoms with van der Waals surface area (Å²) >= 11 is 5.79. The van der Waals surface area contributed by atoms with Crippen molar-refractivity contribution >= 4 is 28.9 Å². The second kappa shape index (κ2) is 6.75. The molecule has 1 heterocycles. The van der Waals surface area contributed by atoms with E-state index in [1.54, 1.807) is 18.2 Å². The van der Waals surface area contributed by atoms with Crippen LogP contribution in [0.3, 0.4) is 0 Å². The number of amides is 1. The fourth-order valence-electron chi connectivity index (χ4n) is 1.82. The third-order valence-corrected chi connectivity index (χ3v) is 3.09. The zero-order valence-electron chi connectivity index (χ0n) is 10.5. The lowest BCUT2D eigenvalue weighted by Crippen LogP contribution is -2.19. The lowest BCUT2D eigenvalue weighted by molar-refractivity contribution is -0.117. The van der Waals surface area contributed by atoms with E-state index in [1.165, 1.54) is 0 Å². The maximum atomic E-state index is 11.7. The molecule has 1 aromatic carbocycles. The van der Waals surface area contributed by atoms with Crippen LogP contribution in [-0.4, -0.2) is 31.8 Å². The molecule has 104 valence electrons. The van der Waals surface area contributed by atoms with Crippen molar-refractivity contribution in [1.82, 2.24) is 0 Å². The van der Waals surface area contributed by atoms with Crippen molar-refractivity contribution in [3.8, 4) is 0 Å². The molecule has 1 amide bonds. The van der Waals surface area contributed by atoms with Crippen LogP contribution >= 0.6 is 11.6 Å². The molecule has 1 atom stereocenters. The number of hydrogen-bond donors (Lipinski definition) is 2. The van der Waals surface area contributed by atoms with Crippen LogP contribution in [0.1, 0.15) is 12.8 Å². The third-order valence-electron chi connectivity index (χ3n) is 2.86. The summed E-state index contributed by atoms with van der Waals surface area (Å²) in [6.45, 7) is 1.73. The molecule has 1 aliphatic heterocycles. The Morgan fingerprint density at radius 1 is 1.58 bits per heavy atom. The van der Waals surface area contributed by atoms with Crippen LogP contribution in [0, 0.1) is 0 Å². The van der Waals surface area contributed by atoms with Gasteiger partial charge in [-0.3, -0.25) is 4.79 Å². The molecule has 1 aliphatic rings. The number of carbonyl (C=O) groups excluding carboxylic acids is 1. The maximum Gasteiger partial charge on any atom is 0.226 e. The monoisotopic (exact) mass is 284 g/mol. The van der Waals surface area contributed by atoms with Crippen LogP contribution in [0.4, 0.5) is 11.4 Å². The van der Waals surface area contributed by atoms with E-state index in [2.05, 4.69) is 5.32 Å². The number of carbonyl (C=O) groups is 1. The van der Waals surface area contributed by atoms with E-state index in [1.807, 2.05) is 0 Å². The average molecular weight is 285 g/mol. The Morgan fingerprint density at radius 3 is 3.11 bits per heavy atom. The number of nitrogens with one attached hydrogen (secondary N) is 1. The van der Waals surface area contributed by atoms with Gasteiger partial charge in [-0.05, 0) is 24.6 Å². The quantitative estimate of drug-likeness (QED) is 0.812. The van der Waals surface area contributed by atoms with Crippen molar-refractivity contribution in [2.75, 3.05) is 30.9 Å². The Labute approximate surface area is 117 Å². The van der Waals surface area contributed by atoms with Gasteiger partial charge in [0.05, 0.1) is 37.1 Å². The molecule has 0 radical (unpaired) electrons. The van der Waals surface area contributed by atoms with E-state index in [0.29, 0.717) is 36.0 Å². The highest BCUT2D eigenvalue weighted by atomic mass is 35.5. The number of nitrogen functional groups attached to an aromatic ring is 1. The largest absolute Gasteiger partial charge is 0.397 e. The highest BCUT2D eigenvalue weighted by Gasteiger charge is 2.16. The van der Waals surface area contributed by atoms with Crippen LogP contribution in [0.25, 0.3) is 0 Å². The van der Waals surface area contributed by atoms with Gasteiger partial charge in [0.15, 0.2) is 0 Å². The molecule has 0 bridgehead atoms. The SMILES string of the molecule is Nc1cc(Cl)ccc1NC(=O)CCOC1CCOC1. The summed E-state index contributed by atoms with van der Waals surface area (Å²) in [5.74, 6) is -0.132. The molecule has 2 rings (SSSR count). The van der Waals surface area contributed by atoms with Crippen LogP contribution in [0.15, 0.2) is 18.2 Å². The standard InChI is InChI=1S/C13H17ClN2O3/c14-9-1-2-12(11(15)7-9)16-13(17)4-6-19-10-3-5-18-8-10/h1-2,7,10H,3-6,8,15H2,(H,16,17). The van der Waals surface area contributed by atoms with E-state index >= 15 is 0 Å². The zero-order valence-corrected chi connectivity index (χ0v) is 11.3. The van der Waals surface area contributed by atoms with Crippen molar-refractivity contribution in [1.29, 1.82) is 0 Å². The molecule has 3 N–H and O–H groups in total. The van der Waals surface area contributed by atoms with Crippen LogP contribution < -0.4 is 11.1 Å². The van der Waals surface area contributed by atoms with E-state index in [4.69, 9.17) is 26.8 Å². The van der Waals surface area contributed by atoms with E-state index in [-0.39, 0.29) is 12.0 Å². The lowest BCUT2D eigenvalue weighted by Gasteiger charge is -2.11. The number of hydrogen-bond acceptors (Lipinski definition) is 4. The molecule has 19 heavy (non-hydrogen) atoms. The van der Waals surface area contributed by atoms with Gasteiger partial charge < -0.3 is 20.5 Å². The van der Waals surface area contributed by atoms with Gasteiger partial charge in [-0.1, -0.05) is 11.6 Å². The summed E-state index contributed by atoms with van der Waals surface area (Å²) in [5, 5.41) is 3.27. The molecule has 6 heteroatoms. The zero-order chi connectivity index (χ0) is 13.7. The molecular weight excluding hydrogens is 268 g/mol. The molecule has 1 fully saturated rings. The third kappa shape index (κ3) is 4.38. The lowest BCUT2D eigenvalue weighted by atomic mass is 10.2. The van der Waals surface area contributed by atoms with Crippen LogP contribution in [-0.2, 0) is 14.3 Å². The van der Waals surface area contributed by atoms with Crippen molar-refractivity contribution in [3.05, 3.63) is 23.2 Å². The second-order valence-electron chi connectivity index (χ2n) is 4.39. The Hall–Kier alpha value is -1.30. The van der Waals surface area contributed by atoms with Crippen molar-refractivity contribution in [2.45, 2.75) is 18.9 Å². The fraction of sp³-hybridized carbons (Fsp3) is 0.462. The van der Waals surface area contributed by atoms with Gasteiger partial charge in [-0.15, -0.1) is 0 Å². The summed E-state index contributed by atoms with van der Waals surface area (Å²) in [6, 6.07) is 4.96. The van der Waals surface area contributed by atoms with E-state index in [0.717, 1.165) is 13.0 Å². The fourth-order valence-corrected chi connectivity index (χ4v) is 2.00. The summed E-state index contributed by atoms with van der Waals surface area (Å²) in [4.78, 5) is 11.7. The first-order valence-corrected chi connectivity index (χ1v) is 6.57. The molecule has 1 unspecified atom stereocenters. The van der Waals surface area contributed by atoms with Gasteiger partial charge in [0.1, 0.15) is 0 Å². The molecular formula is C13H17ClN2O3. The predicted octanol–water partition coefficient (Wildman–Crippen LogP) is 2.06. The van der Waals surface area contributed by atoms with Crippen molar-refractivity contribution in [2.24, 2.45) is 0 Å². The summed E-state index contributed by atoms with van der Waals surface area (Å²) in [5.41, 5.74) is 6.77. The van der Waals surface area contributed by atoms with Gasteiger partial charge in [0, 0.05) is 11.6 Å². The molecule has 0 spiro atoms. The number of benzene rings is 1. The van der Waals surface area contributed by atoms with Crippen molar-refractivity contribution in [3.63, 3.8) is 0 Å². The number of anilines is 2. The van der Waals surface area contributed by atoms with Gasteiger partial charge in [-0.25, -0.2) is 0 Å². The van der Waals surface area contributed by atoms with Gasteiger partial charge >= 0.3 is 0 Å². The number of ether oxygens (including phenoxy) is 2. The van der Waals surface area contributed by atoms with Gasteiger partial charge in [0.2, 0.25) is 5.91 Å². The van der Waals surface area contributed by atoms with Crippen molar-refractivity contribution < 1.29 is 14.3 Å². The minimum absolute atomic E-state index is 0.119. The predicted molar refractivity (Wildman–Crippen MR) is 74.3 cm³/mol. The Bertz CT molecular complexity index is 448. The highest BCUT2D eigenvalue weighted by Crippen LogP contribution is 2.22. The summed E-state index contributed by atoms with van der Waals surface area (Å²) < 4.78 is 10.7. The van der Waals surface area contributed by atoms with Crippen LogP contribution in [0.2, 0.25) is 5.02 Å². The molecule has 0 aromatic heterocycles. The first-order valence-electron chi connectivity index (χ1n) is 6.19.